The summed E-state index contributed by atoms with van der Waals surface area (Å²) in [6.45, 7) is 2.25. The molecular formula is C25H19NS. The first-order valence-corrected chi connectivity index (χ1v) is 10.0. The smallest absolute Gasteiger partial charge is 0.0705 e. The summed E-state index contributed by atoms with van der Waals surface area (Å²) in [7, 11) is 0. The zero-order valence-electron chi connectivity index (χ0n) is 15.1. The summed E-state index contributed by atoms with van der Waals surface area (Å²) in [6.07, 6.45) is 1.93. The molecule has 0 saturated carbocycles. The molecule has 0 aliphatic carbocycles. The first-order chi connectivity index (χ1) is 13.3. The minimum Gasteiger partial charge on any atom is -0.256 e. The van der Waals surface area contributed by atoms with Gasteiger partial charge >= 0.3 is 0 Å². The van der Waals surface area contributed by atoms with E-state index in [1.54, 1.807) is 0 Å². The Labute approximate surface area is 162 Å². The fourth-order valence-electron chi connectivity index (χ4n) is 3.69. The Hall–Kier alpha value is -2.97. The van der Waals surface area contributed by atoms with E-state index in [9.17, 15) is 0 Å². The summed E-state index contributed by atoms with van der Waals surface area (Å²) in [5, 5.41) is 2.64. The van der Waals surface area contributed by atoms with E-state index in [1.807, 2.05) is 17.5 Å². The van der Waals surface area contributed by atoms with Gasteiger partial charge in [-0.25, -0.2) is 0 Å². The highest BCUT2D eigenvalue weighted by molar-refractivity contribution is 7.25. The minimum atomic E-state index is 0.346. The molecule has 1 atom stereocenters. The van der Waals surface area contributed by atoms with E-state index >= 15 is 0 Å². The standard InChI is InChI=1S/C25H19NS/c1-17(18-7-3-2-4-8-18)19-13-14-26-23(16-19)20-11-12-25-22(15-20)21-9-5-6-10-24(21)27-25/h2-17H,1H3. The van der Waals surface area contributed by atoms with Crippen molar-refractivity contribution in [1.82, 2.24) is 4.98 Å². The average molecular weight is 366 g/mol. The molecule has 1 nitrogen and oxygen atoms in total. The lowest BCUT2D eigenvalue weighted by Gasteiger charge is -2.13. The summed E-state index contributed by atoms with van der Waals surface area (Å²) in [5.74, 6) is 0.346. The van der Waals surface area contributed by atoms with Crippen LogP contribution in [0, 0.1) is 0 Å². The number of nitrogens with zero attached hydrogens (tertiary/aromatic N) is 1. The largest absolute Gasteiger partial charge is 0.256 e. The van der Waals surface area contributed by atoms with Gasteiger partial charge in [0.15, 0.2) is 0 Å². The Balaban J connectivity index is 1.59. The molecule has 2 heteroatoms. The maximum absolute atomic E-state index is 4.66. The Morgan fingerprint density at radius 1 is 0.704 bits per heavy atom. The van der Waals surface area contributed by atoms with E-state index in [4.69, 9.17) is 0 Å². The van der Waals surface area contributed by atoms with Crippen LogP contribution < -0.4 is 0 Å². The molecule has 0 aliphatic heterocycles. The molecule has 0 bridgehead atoms. The number of fused-ring (bicyclic) bond motifs is 3. The lowest BCUT2D eigenvalue weighted by Crippen LogP contribution is -1.97. The lowest BCUT2D eigenvalue weighted by atomic mass is 9.93. The quantitative estimate of drug-likeness (QED) is 0.328. The van der Waals surface area contributed by atoms with Crippen LogP contribution in [-0.2, 0) is 0 Å². The zero-order chi connectivity index (χ0) is 18.2. The van der Waals surface area contributed by atoms with Crippen molar-refractivity contribution in [3.63, 3.8) is 0 Å². The summed E-state index contributed by atoms with van der Waals surface area (Å²) < 4.78 is 2.66. The number of hydrogen-bond acceptors (Lipinski definition) is 2. The number of aromatic nitrogens is 1. The average Bonchev–Trinajstić information content (AvgIpc) is 3.12. The molecular weight excluding hydrogens is 346 g/mol. The molecule has 0 aliphatic rings. The second-order valence-electron chi connectivity index (χ2n) is 6.92. The van der Waals surface area contributed by atoms with Crippen LogP contribution in [-0.4, -0.2) is 4.98 Å². The van der Waals surface area contributed by atoms with Gasteiger partial charge < -0.3 is 0 Å². The van der Waals surface area contributed by atoms with Gasteiger partial charge in [0, 0.05) is 37.9 Å². The monoisotopic (exact) mass is 365 g/mol. The van der Waals surface area contributed by atoms with Crippen molar-refractivity contribution in [3.8, 4) is 11.3 Å². The maximum Gasteiger partial charge on any atom is 0.0705 e. The number of pyridine rings is 1. The number of rotatable bonds is 3. The zero-order valence-corrected chi connectivity index (χ0v) is 15.9. The van der Waals surface area contributed by atoms with Crippen LogP contribution in [0.1, 0.15) is 24.0 Å². The fourth-order valence-corrected chi connectivity index (χ4v) is 4.78. The van der Waals surface area contributed by atoms with E-state index in [0.717, 1.165) is 5.69 Å². The molecule has 0 fully saturated rings. The van der Waals surface area contributed by atoms with Gasteiger partial charge in [0.2, 0.25) is 0 Å². The van der Waals surface area contributed by atoms with Crippen LogP contribution in [0.25, 0.3) is 31.4 Å². The van der Waals surface area contributed by atoms with Crippen molar-refractivity contribution in [3.05, 3.63) is 102 Å². The van der Waals surface area contributed by atoms with Crippen molar-refractivity contribution >= 4 is 31.5 Å². The van der Waals surface area contributed by atoms with Gasteiger partial charge in [-0.15, -0.1) is 11.3 Å². The van der Waals surface area contributed by atoms with Crippen LogP contribution in [0.15, 0.2) is 91.1 Å². The van der Waals surface area contributed by atoms with Crippen molar-refractivity contribution in [2.75, 3.05) is 0 Å². The SMILES string of the molecule is CC(c1ccccc1)c1ccnc(-c2ccc3sc4ccccc4c3c2)c1. The Morgan fingerprint density at radius 2 is 1.48 bits per heavy atom. The summed E-state index contributed by atoms with van der Waals surface area (Å²) in [4.78, 5) is 4.66. The van der Waals surface area contributed by atoms with Gasteiger partial charge in [-0.1, -0.05) is 61.5 Å². The van der Waals surface area contributed by atoms with Gasteiger partial charge in [0.05, 0.1) is 5.69 Å². The Morgan fingerprint density at radius 3 is 2.37 bits per heavy atom. The van der Waals surface area contributed by atoms with E-state index in [1.165, 1.54) is 36.9 Å². The highest BCUT2D eigenvalue weighted by Crippen LogP contribution is 2.36. The summed E-state index contributed by atoms with van der Waals surface area (Å²) >= 11 is 1.85. The number of benzene rings is 3. The highest BCUT2D eigenvalue weighted by Gasteiger charge is 2.11. The number of thiophene rings is 1. The van der Waals surface area contributed by atoms with Crippen LogP contribution in [0.2, 0.25) is 0 Å². The maximum atomic E-state index is 4.66. The summed E-state index contributed by atoms with van der Waals surface area (Å²) in [6, 6.07) is 30.3. The minimum absolute atomic E-state index is 0.346. The third-order valence-corrected chi connectivity index (χ3v) is 6.41. The van der Waals surface area contributed by atoms with Gasteiger partial charge in [0.1, 0.15) is 0 Å². The molecule has 3 aromatic carbocycles. The summed E-state index contributed by atoms with van der Waals surface area (Å²) in [5.41, 5.74) is 4.83. The van der Waals surface area contributed by atoms with E-state index in [2.05, 4.69) is 96.8 Å². The van der Waals surface area contributed by atoms with Gasteiger partial charge in [-0.3, -0.25) is 4.98 Å². The van der Waals surface area contributed by atoms with Crippen LogP contribution in [0.3, 0.4) is 0 Å². The van der Waals surface area contributed by atoms with E-state index in [-0.39, 0.29) is 0 Å². The van der Waals surface area contributed by atoms with Crippen LogP contribution in [0.4, 0.5) is 0 Å². The van der Waals surface area contributed by atoms with Crippen LogP contribution in [0.5, 0.6) is 0 Å². The Kier molecular flexibility index (Phi) is 3.99. The predicted octanol–water partition coefficient (Wildman–Crippen LogP) is 7.27. The molecule has 27 heavy (non-hydrogen) atoms. The molecule has 1 unspecified atom stereocenters. The number of hydrogen-bond donors (Lipinski definition) is 0. The van der Waals surface area contributed by atoms with Gasteiger partial charge in [0.25, 0.3) is 0 Å². The molecule has 0 saturated heterocycles. The first-order valence-electron chi connectivity index (χ1n) is 9.22. The first kappa shape index (κ1) is 16.2. The van der Waals surface area contributed by atoms with Crippen LogP contribution >= 0.6 is 11.3 Å². The van der Waals surface area contributed by atoms with Crippen molar-refractivity contribution in [2.24, 2.45) is 0 Å². The van der Waals surface area contributed by atoms with Gasteiger partial charge in [-0.05, 0) is 41.5 Å². The topological polar surface area (TPSA) is 12.9 Å². The third kappa shape index (κ3) is 2.92. The molecule has 0 amide bonds. The molecule has 130 valence electrons. The molecule has 0 spiro atoms. The fraction of sp³-hybridized carbons (Fsp3) is 0.0800. The molecule has 5 rings (SSSR count). The van der Waals surface area contributed by atoms with Crippen molar-refractivity contribution in [1.29, 1.82) is 0 Å². The lowest BCUT2D eigenvalue weighted by molar-refractivity contribution is 0.918. The molecule has 0 radical (unpaired) electrons. The predicted molar refractivity (Wildman–Crippen MR) is 117 cm³/mol. The Bertz CT molecular complexity index is 1240. The molecule has 2 aromatic heterocycles. The van der Waals surface area contributed by atoms with Gasteiger partial charge in [-0.2, -0.15) is 0 Å². The third-order valence-electron chi connectivity index (χ3n) is 5.26. The molecule has 5 aromatic rings. The highest BCUT2D eigenvalue weighted by atomic mass is 32.1. The van der Waals surface area contributed by atoms with Crippen molar-refractivity contribution < 1.29 is 0 Å². The van der Waals surface area contributed by atoms with Crippen molar-refractivity contribution in [2.45, 2.75) is 12.8 Å². The molecule has 0 N–H and O–H groups in total. The second kappa shape index (κ2) is 6.64. The normalized spacial score (nSPS) is 12.5. The molecule has 2 heterocycles. The second-order valence-corrected chi connectivity index (χ2v) is 8.00. The van der Waals surface area contributed by atoms with E-state index < -0.39 is 0 Å². The van der Waals surface area contributed by atoms with E-state index in [0.29, 0.717) is 5.92 Å².